The Kier molecular flexibility index (Phi) is 4.11. The Balaban J connectivity index is 2.10. The summed E-state index contributed by atoms with van der Waals surface area (Å²) in [6, 6.07) is 12.7. The highest BCUT2D eigenvalue weighted by atomic mass is 35.5. The molecule has 104 valence electrons. The maximum Gasteiger partial charge on any atom is 0.0973 e. The molecule has 0 saturated carbocycles. The van der Waals surface area contributed by atoms with Crippen molar-refractivity contribution in [3.8, 4) is 0 Å². The van der Waals surface area contributed by atoms with Gasteiger partial charge in [-0.05, 0) is 36.4 Å². The minimum Gasteiger partial charge on any atom is -0.254 e. The van der Waals surface area contributed by atoms with Crippen molar-refractivity contribution in [2.75, 3.05) is 0 Å². The molecule has 0 amide bonds. The van der Waals surface area contributed by atoms with Gasteiger partial charge >= 0.3 is 0 Å². The molecule has 2 nitrogen and oxygen atoms in total. The monoisotopic (exact) mass is 334 g/mol. The van der Waals surface area contributed by atoms with Crippen LogP contribution in [0.3, 0.4) is 0 Å². The minimum absolute atomic E-state index is 0.553. The van der Waals surface area contributed by atoms with Crippen LogP contribution < -0.4 is 0 Å². The smallest absolute Gasteiger partial charge is 0.0973 e. The van der Waals surface area contributed by atoms with Crippen molar-refractivity contribution in [3.05, 3.63) is 69.3 Å². The predicted molar refractivity (Wildman–Crippen MR) is 90.5 cm³/mol. The fraction of sp³-hybridized carbons (Fsp3) is 0. The number of nitrogens with zero attached hydrogens (tertiary/aromatic N) is 2. The van der Waals surface area contributed by atoms with Crippen LogP contribution in [0.2, 0.25) is 15.1 Å². The van der Waals surface area contributed by atoms with Crippen molar-refractivity contribution in [1.29, 1.82) is 0 Å². The van der Waals surface area contributed by atoms with Gasteiger partial charge in [0, 0.05) is 23.4 Å². The molecule has 21 heavy (non-hydrogen) atoms. The third kappa shape index (κ3) is 2.88. The average Bonchev–Trinajstić information content (AvgIpc) is 2.49. The Bertz CT molecular complexity index is 824. The van der Waals surface area contributed by atoms with Gasteiger partial charge in [0.15, 0.2) is 0 Å². The molecule has 0 spiro atoms. The number of rotatable bonds is 2. The van der Waals surface area contributed by atoms with Crippen LogP contribution in [0.25, 0.3) is 10.9 Å². The van der Waals surface area contributed by atoms with Gasteiger partial charge < -0.3 is 0 Å². The fourth-order valence-electron chi connectivity index (χ4n) is 2.00. The lowest BCUT2D eigenvalue weighted by Gasteiger charge is -2.04. The van der Waals surface area contributed by atoms with Crippen LogP contribution in [0.5, 0.6) is 0 Å². The molecule has 1 aromatic heterocycles. The van der Waals surface area contributed by atoms with E-state index in [1.54, 1.807) is 36.7 Å². The zero-order chi connectivity index (χ0) is 14.8. The van der Waals surface area contributed by atoms with E-state index in [1.807, 2.05) is 18.2 Å². The minimum atomic E-state index is 0.553. The first-order valence-electron chi connectivity index (χ1n) is 6.18. The number of hydrogen-bond donors (Lipinski definition) is 0. The second-order valence-electron chi connectivity index (χ2n) is 4.36. The second-order valence-corrected chi connectivity index (χ2v) is 5.58. The maximum atomic E-state index is 6.16. The summed E-state index contributed by atoms with van der Waals surface area (Å²) in [7, 11) is 0. The van der Waals surface area contributed by atoms with Crippen molar-refractivity contribution >= 4 is 57.6 Å². The van der Waals surface area contributed by atoms with Gasteiger partial charge in [-0.2, -0.15) is 0 Å². The number of fused-ring (bicyclic) bond motifs is 1. The van der Waals surface area contributed by atoms with Crippen LogP contribution in [0.15, 0.2) is 53.7 Å². The lowest BCUT2D eigenvalue weighted by molar-refractivity contribution is 1.39. The summed E-state index contributed by atoms with van der Waals surface area (Å²) in [5.74, 6) is 0. The first-order chi connectivity index (χ1) is 10.2. The highest BCUT2D eigenvalue weighted by molar-refractivity contribution is 6.38. The Morgan fingerprint density at radius 1 is 0.857 bits per heavy atom. The fourth-order valence-corrected chi connectivity index (χ4v) is 2.71. The van der Waals surface area contributed by atoms with Gasteiger partial charge in [-0.15, -0.1) is 0 Å². The van der Waals surface area contributed by atoms with Gasteiger partial charge in [-0.25, -0.2) is 0 Å². The average molecular weight is 336 g/mol. The quantitative estimate of drug-likeness (QED) is 0.531. The van der Waals surface area contributed by atoms with Crippen LogP contribution in [0.1, 0.15) is 5.56 Å². The Morgan fingerprint density at radius 2 is 1.62 bits per heavy atom. The van der Waals surface area contributed by atoms with Crippen molar-refractivity contribution in [2.45, 2.75) is 0 Å². The summed E-state index contributed by atoms with van der Waals surface area (Å²) in [4.78, 5) is 8.79. The van der Waals surface area contributed by atoms with E-state index in [0.29, 0.717) is 26.3 Å². The van der Waals surface area contributed by atoms with E-state index in [1.165, 1.54) is 0 Å². The van der Waals surface area contributed by atoms with Gasteiger partial charge in [-0.3, -0.25) is 9.98 Å². The summed E-state index contributed by atoms with van der Waals surface area (Å²) >= 11 is 18.4. The van der Waals surface area contributed by atoms with Gasteiger partial charge in [0.25, 0.3) is 0 Å². The van der Waals surface area contributed by atoms with Gasteiger partial charge in [0.2, 0.25) is 0 Å². The standard InChI is InChI=1S/C16H9Cl3N2/c17-12-4-1-5-13(18)11(12)9-21-15-7-6-14(19)10-3-2-8-20-16(10)15/h1-9H. The van der Waals surface area contributed by atoms with Crippen LogP contribution in [-0.4, -0.2) is 11.2 Å². The van der Waals surface area contributed by atoms with Crippen LogP contribution >= 0.6 is 34.8 Å². The molecular weight excluding hydrogens is 327 g/mol. The molecule has 0 radical (unpaired) electrons. The normalized spacial score (nSPS) is 11.4. The summed E-state index contributed by atoms with van der Waals surface area (Å²) in [5, 5.41) is 2.61. The lowest BCUT2D eigenvalue weighted by atomic mass is 10.2. The van der Waals surface area contributed by atoms with Crippen LogP contribution in [0.4, 0.5) is 5.69 Å². The van der Waals surface area contributed by atoms with E-state index in [0.717, 1.165) is 10.9 Å². The van der Waals surface area contributed by atoms with E-state index in [9.17, 15) is 0 Å². The number of aliphatic imine (C=N–C) groups is 1. The van der Waals surface area contributed by atoms with Crippen LogP contribution in [0, 0.1) is 0 Å². The summed E-state index contributed by atoms with van der Waals surface area (Å²) < 4.78 is 0. The zero-order valence-corrected chi connectivity index (χ0v) is 13.0. The van der Waals surface area contributed by atoms with Crippen molar-refractivity contribution in [3.63, 3.8) is 0 Å². The third-order valence-electron chi connectivity index (χ3n) is 3.03. The molecule has 0 bridgehead atoms. The highest BCUT2D eigenvalue weighted by Gasteiger charge is 2.06. The number of hydrogen-bond acceptors (Lipinski definition) is 2. The molecule has 0 aliphatic heterocycles. The highest BCUT2D eigenvalue weighted by Crippen LogP contribution is 2.30. The molecule has 2 aromatic carbocycles. The molecule has 0 saturated heterocycles. The molecule has 0 fully saturated rings. The zero-order valence-electron chi connectivity index (χ0n) is 10.7. The maximum absolute atomic E-state index is 6.16. The van der Waals surface area contributed by atoms with Crippen molar-refractivity contribution in [2.24, 2.45) is 4.99 Å². The van der Waals surface area contributed by atoms with Crippen molar-refractivity contribution in [1.82, 2.24) is 4.98 Å². The van der Waals surface area contributed by atoms with Gasteiger partial charge in [0.1, 0.15) is 0 Å². The number of aromatic nitrogens is 1. The third-order valence-corrected chi connectivity index (χ3v) is 4.02. The lowest BCUT2D eigenvalue weighted by Crippen LogP contribution is -1.85. The van der Waals surface area contributed by atoms with E-state index >= 15 is 0 Å². The van der Waals surface area contributed by atoms with E-state index in [2.05, 4.69) is 9.98 Å². The van der Waals surface area contributed by atoms with E-state index in [4.69, 9.17) is 34.8 Å². The molecule has 0 unspecified atom stereocenters. The van der Waals surface area contributed by atoms with E-state index in [-0.39, 0.29) is 0 Å². The topological polar surface area (TPSA) is 25.2 Å². The molecule has 0 N–H and O–H groups in total. The second kappa shape index (κ2) is 6.02. The first-order valence-corrected chi connectivity index (χ1v) is 7.31. The molecule has 0 aliphatic carbocycles. The van der Waals surface area contributed by atoms with Crippen LogP contribution in [-0.2, 0) is 0 Å². The summed E-state index contributed by atoms with van der Waals surface area (Å²) in [6.45, 7) is 0. The number of benzene rings is 2. The Morgan fingerprint density at radius 3 is 2.38 bits per heavy atom. The molecule has 0 aliphatic rings. The Labute approximate surface area is 137 Å². The summed E-state index contributed by atoms with van der Waals surface area (Å²) in [5.41, 5.74) is 2.13. The van der Waals surface area contributed by atoms with Gasteiger partial charge in [-0.1, -0.05) is 40.9 Å². The molecule has 0 atom stereocenters. The van der Waals surface area contributed by atoms with E-state index < -0.39 is 0 Å². The summed E-state index contributed by atoms with van der Waals surface area (Å²) in [6.07, 6.45) is 3.35. The number of pyridine rings is 1. The molecular formula is C16H9Cl3N2. The Hall–Kier alpha value is -1.61. The van der Waals surface area contributed by atoms with Gasteiger partial charge in [0.05, 0.1) is 26.3 Å². The molecule has 5 heteroatoms. The molecule has 3 rings (SSSR count). The molecule has 1 heterocycles. The van der Waals surface area contributed by atoms with Crippen molar-refractivity contribution < 1.29 is 0 Å². The SMILES string of the molecule is Clc1cccc(Cl)c1C=Nc1ccc(Cl)c2cccnc12. The largest absolute Gasteiger partial charge is 0.254 e. The number of halogens is 3. The first kappa shape index (κ1) is 14.3. The molecule has 3 aromatic rings. The predicted octanol–water partition coefficient (Wildman–Crippen LogP) is 5.95.